The fourth-order valence-corrected chi connectivity index (χ4v) is 1.93. The number of aromatic amines is 1. The topological polar surface area (TPSA) is 70.7 Å². The maximum Gasteiger partial charge on any atom is 0.254 e. The van der Waals surface area contributed by atoms with Crippen LogP contribution in [-0.4, -0.2) is 21.1 Å². The smallest absolute Gasteiger partial charge is 0.254 e. The van der Waals surface area contributed by atoms with Gasteiger partial charge in [-0.2, -0.15) is 5.10 Å². The molecule has 1 amide bonds. The van der Waals surface area contributed by atoms with Gasteiger partial charge in [0, 0.05) is 28.5 Å². The molecule has 2 heterocycles. The molecule has 0 atom stereocenters. The molecule has 0 aliphatic carbocycles. The van der Waals surface area contributed by atoms with Gasteiger partial charge >= 0.3 is 0 Å². The summed E-state index contributed by atoms with van der Waals surface area (Å²) in [6, 6.07) is 1.63. The molecule has 5 nitrogen and oxygen atoms in total. The molecule has 0 aliphatic heterocycles. The molecule has 2 rings (SSSR count). The summed E-state index contributed by atoms with van der Waals surface area (Å²) in [6.45, 7) is 2.28. The molecule has 0 saturated heterocycles. The Hall–Kier alpha value is -1.40. The van der Waals surface area contributed by atoms with Crippen molar-refractivity contribution in [3.8, 4) is 0 Å². The number of aromatic nitrogens is 3. The van der Waals surface area contributed by atoms with Crippen LogP contribution in [0.3, 0.4) is 0 Å². The van der Waals surface area contributed by atoms with Gasteiger partial charge in [0.05, 0.1) is 11.8 Å². The molecular formula is C11H10BrClN4O. The molecule has 0 radical (unpaired) electrons. The van der Waals surface area contributed by atoms with Gasteiger partial charge in [-0.05, 0) is 28.9 Å². The Kier molecular flexibility index (Phi) is 3.98. The van der Waals surface area contributed by atoms with E-state index in [0.29, 0.717) is 16.6 Å². The summed E-state index contributed by atoms with van der Waals surface area (Å²) in [6.07, 6.45) is 3.22. The van der Waals surface area contributed by atoms with Crippen molar-refractivity contribution < 1.29 is 4.79 Å². The lowest BCUT2D eigenvalue weighted by Crippen LogP contribution is -2.23. The summed E-state index contributed by atoms with van der Waals surface area (Å²) < 4.78 is 0.705. The number of hydrogen-bond acceptors (Lipinski definition) is 3. The van der Waals surface area contributed by atoms with Crippen LogP contribution in [0.25, 0.3) is 0 Å². The third-order valence-corrected chi connectivity index (χ3v) is 3.16. The van der Waals surface area contributed by atoms with E-state index in [1.807, 2.05) is 6.92 Å². The van der Waals surface area contributed by atoms with Crippen LogP contribution >= 0.6 is 27.5 Å². The third kappa shape index (κ3) is 2.88. The van der Waals surface area contributed by atoms with Crippen LogP contribution in [0.1, 0.15) is 21.6 Å². The Morgan fingerprint density at radius 3 is 3.00 bits per heavy atom. The molecule has 0 fully saturated rings. The highest BCUT2D eigenvalue weighted by Crippen LogP contribution is 2.18. The summed E-state index contributed by atoms with van der Waals surface area (Å²) in [5.41, 5.74) is 2.20. The van der Waals surface area contributed by atoms with Crippen LogP contribution in [0.4, 0.5) is 0 Å². The van der Waals surface area contributed by atoms with Gasteiger partial charge in [0.15, 0.2) is 0 Å². The van der Waals surface area contributed by atoms with Gasteiger partial charge < -0.3 is 5.32 Å². The predicted octanol–water partition coefficient (Wildman–Crippen LogP) is 2.46. The minimum atomic E-state index is -0.269. The van der Waals surface area contributed by atoms with E-state index in [-0.39, 0.29) is 11.1 Å². The van der Waals surface area contributed by atoms with Gasteiger partial charge in [0.1, 0.15) is 5.15 Å². The maximum absolute atomic E-state index is 11.9. The number of halogens is 2. The lowest BCUT2D eigenvalue weighted by Gasteiger charge is -2.06. The maximum atomic E-state index is 11.9. The molecule has 18 heavy (non-hydrogen) atoms. The monoisotopic (exact) mass is 328 g/mol. The van der Waals surface area contributed by atoms with Gasteiger partial charge in [0.2, 0.25) is 0 Å². The lowest BCUT2D eigenvalue weighted by molar-refractivity contribution is 0.0950. The SMILES string of the molecule is Cc1[nH]ncc1CNC(=O)c1cc(Br)cnc1Cl. The number of nitrogens with one attached hydrogen (secondary N) is 2. The van der Waals surface area contributed by atoms with E-state index < -0.39 is 0 Å². The van der Waals surface area contributed by atoms with Crippen molar-refractivity contribution in [3.05, 3.63) is 44.9 Å². The van der Waals surface area contributed by atoms with Crippen LogP contribution in [0.15, 0.2) is 22.9 Å². The van der Waals surface area contributed by atoms with Crippen molar-refractivity contribution in [2.24, 2.45) is 0 Å². The van der Waals surface area contributed by atoms with E-state index in [2.05, 4.69) is 36.4 Å². The standard InChI is InChI=1S/C11H10BrClN4O/c1-6-7(4-16-17-6)3-15-11(18)9-2-8(12)5-14-10(9)13/h2,4-5H,3H2,1H3,(H,15,18)(H,16,17). The molecule has 7 heteroatoms. The first-order chi connectivity index (χ1) is 8.58. The largest absolute Gasteiger partial charge is 0.348 e. The van der Waals surface area contributed by atoms with Gasteiger partial charge in [0.25, 0.3) is 5.91 Å². The van der Waals surface area contributed by atoms with Crippen LogP contribution in [0, 0.1) is 6.92 Å². The minimum Gasteiger partial charge on any atom is -0.348 e. The lowest BCUT2D eigenvalue weighted by atomic mass is 10.2. The fraction of sp³-hybridized carbons (Fsp3) is 0.182. The number of rotatable bonds is 3. The molecular weight excluding hydrogens is 320 g/mol. The third-order valence-electron chi connectivity index (χ3n) is 2.42. The van der Waals surface area contributed by atoms with Gasteiger partial charge in [-0.3, -0.25) is 9.89 Å². The summed E-state index contributed by atoms with van der Waals surface area (Å²) in [4.78, 5) is 15.8. The zero-order valence-electron chi connectivity index (χ0n) is 9.50. The zero-order valence-corrected chi connectivity index (χ0v) is 11.8. The number of hydrogen-bond donors (Lipinski definition) is 2. The van der Waals surface area contributed by atoms with Crippen LogP contribution in [0.5, 0.6) is 0 Å². The number of amides is 1. The number of nitrogens with zero attached hydrogens (tertiary/aromatic N) is 2. The van der Waals surface area contributed by atoms with Crippen molar-refractivity contribution in [1.29, 1.82) is 0 Å². The normalized spacial score (nSPS) is 10.4. The Morgan fingerprint density at radius 2 is 2.33 bits per heavy atom. The van der Waals surface area contributed by atoms with E-state index in [4.69, 9.17) is 11.6 Å². The van der Waals surface area contributed by atoms with E-state index in [1.165, 1.54) is 0 Å². The Balaban J connectivity index is 2.08. The van der Waals surface area contributed by atoms with Crippen LogP contribution in [-0.2, 0) is 6.54 Å². The van der Waals surface area contributed by atoms with Crippen molar-refractivity contribution in [3.63, 3.8) is 0 Å². The average Bonchev–Trinajstić information content (AvgIpc) is 2.75. The summed E-state index contributed by atoms with van der Waals surface area (Å²) >= 11 is 9.12. The highest BCUT2D eigenvalue weighted by molar-refractivity contribution is 9.10. The van der Waals surface area contributed by atoms with Crippen molar-refractivity contribution in [2.75, 3.05) is 0 Å². The van der Waals surface area contributed by atoms with E-state index >= 15 is 0 Å². The van der Waals surface area contributed by atoms with E-state index in [0.717, 1.165) is 11.3 Å². The highest BCUT2D eigenvalue weighted by Gasteiger charge is 2.12. The molecule has 2 N–H and O–H groups in total. The number of H-pyrrole nitrogens is 1. The van der Waals surface area contributed by atoms with Crippen molar-refractivity contribution in [2.45, 2.75) is 13.5 Å². The molecule has 0 aliphatic rings. The van der Waals surface area contributed by atoms with Crippen LogP contribution < -0.4 is 5.32 Å². The minimum absolute atomic E-state index is 0.180. The second-order valence-electron chi connectivity index (χ2n) is 3.69. The molecule has 0 unspecified atom stereocenters. The number of aryl methyl sites for hydroxylation is 1. The molecule has 2 aromatic rings. The molecule has 0 aromatic carbocycles. The van der Waals surface area contributed by atoms with E-state index in [9.17, 15) is 4.79 Å². The Morgan fingerprint density at radius 1 is 1.56 bits per heavy atom. The molecule has 0 bridgehead atoms. The molecule has 0 spiro atoms. The summed E-state index contributed by atoms with van der Waals surface area (Å²) in [5, 5.41) is 9.63. The van der Waals surface area contributed by atoms with Crippen molar-refractivity contribution in [1.82, 2.24) is 20.5 Å². The fourth-order valence-electron chi connectivity index (χ4n) is 1.41. The molecule has 94 valence electrons. The quantitative estimate of drug-likeness (QED) is 0.850. The number of pyridine rings is 1. The first-order valence-corrected chi connectivity index (χ1v) is 6.33. The van der Waals surface area contributed by atoms with Gasteiger partial charge in [-0.15, -0.1) is 0 Å². The summed E-state index contributed by atoms with van der Waals surface area (Å²) in [7, 11) is 0. The number of carbonyl (C=O) groups excluding carboxylic acids is 1. The Labute approximate surface area is 117 Å². The molecule has 2 aromatic heterocycles. The summed E-state index contributed by atoms with van der Waals surface area (Å²) in [5.74, 6) is -0.269. The first kappa shape index (κ1) is 13.0. The number of carbonyl (C=O) groups is 1. The Bertz CT molecular complexity index is 584. The second kappa shape index (κ2) is 5.49. The van der Waals surface area contributed by atoms with E-state index in [1.54, 1.807) is 18.5 Å². The zero-order chi connectivity index (χ0) is 13.1. The first-order valence-electron chi connectivity index (χ1n) is 5.16. The predicted molar refractivity (Wildman–Crippen MR) is 71.4 cm³/mol. The highest BCUT2D eigenvalue weighted by atomic mass is 79.9. The van der Waals surface area contributed by atoms with Crippen LogP contribution in [0.2, 0.25) is 5.15 Å². The average molecular weight is 330 g/mol. The van der Waals surface area contributed by atoms with Gasteiger partial charge in [-0.25, -0.2) is 4.98 Å². The van der Waals surface area contributed by atoms with Crippen molar-refractivity contribution >= 4 is 33.4 Å². The second-order valence-corrected chi connectivity index (χ2v) is 4.97. The molecule has 0 saturated carbocycles. The van der Waals surface area contributed by atoms with Gasteiger partial charge in [-0.1, -0.05) is 11.6 Å².